The van der Waals surface area contributed by atoms with E-state index in [-0.39, 0.29) is 11.1 Å². The summed E-state index contributed by atoms with van der Waals surface area (Å²) in [6.45, 7) is 0.421. The molecular formula is C12H8ClFN4O. The van der Waals surface area contributed by atoms with Crippen molar-refractivity contribution in [3.05, 3.63) is 35.5 Å². The lowest BCUT2D eigenvalue weighted by atomic mass is 10.2. The van der Waals surface area contributed by atoms with Crippen molar-refractivity contribution in [2.24, 2.45) is 4.99 Å². The standard InChI is InChI=1S/C12H8ClFN4O/c13-12-16-6-8(14)11(18-12)17-7-1-2-9-10(5-7)19-4-3-15-9/h1-3,5-6H,4H2,(H,16,17,18). The highest BCUT2D eigenvalue weighted by Crippen LogP contribution is 2.33. The lowest BCUT2D eigenvalue weighted by molar-refractivity contribution is 0.377. The van der Waals surface area contributed by atoms with Crippen LogP contribution in [0, 0.1) is 5.82 Å². The van der Waals surface area contributed by atoms with Gasteiger partial charge in [-0.2, -0.15) is 4.98 Å². The smallest absolute Gasteiger partial charge is 0.224 e. The second kappa shape index (κ2) is 4.81. The van der Waals surface area contributed by atoms with Gasteiger partial charge in [0, 0.05) is 18.0 Å². The first-order chi connectivity index (χ1) is 9.22. The summed E-state index contributed by atoms with van der Waals surface area (Å²) in [6, 6.07) is 5.25. The normalized spacial score (nSPS) is 12.7. The topological polar surface area (TPSA) is 59.4 Å². The molecule has 1 aromatic heterocycles. The summed E-state index contributed by atoms with van der Waals surface area (Å²) in [6.07, 6.45) is 2.69. The van der Waals surface area contributed by atoms with Gasteiger partial charge in [0.05, 0.1) is 6.20 Å². The Bertz CT molecular complexity index is 662. The number of rotatable bonds is 2. The fraction of sp³-hybridized carbons (Fsp3) is 0.0833. The van der Waals surface area contributed by atoms with Gasteiger partial charge in [0.1, 0.15) is 18.0 Å². The molecule has 0 fully saturated rings. The van der Waals surface area contributed by atoms with Gasteiger partial charge in [-0.25, -0.2) is 9.37 Å². The number of anilines is 2. The molecule has 0 aliphatic carbocycles. The van der Waals surface area contributed by atoms with E-state index in [1.165, 1.54) is 0 Å². The van der Waals surface area contributed by atoms with E-state index in [9.17, 15) is 4.39 Å². The number of aliphatic imine (C=N–C) groups is 1. The van der Waals surface area contributed by atoms with Crippen LogP contribution in [0.5, 0.6) is 5.75 Å². The molecule has 2 aromatic rings. The summed E-state index contributed by atoms with van der Waals surface area (Å²) < 4.78 is 18.9. The minimum absolute atomic E-state index is 0.0132. The zero-order valence-electron chi connectivity index (χ0n) is 9.60. The van der Waals surface area contributed by atoms with Crippen LogP contribution >= 0.6 is 11.6 Å². The Kier molecular flexibility index (Phi) is 3.00. The van der Waals surface area contributed by atoms with E-state index in [4.69, 9.17) is 16.3 Å². The molecule has 96 valence electrons. The third-order valence-electron chi connectivity index (χ3n) is 2.48. The van der Waals surface area contributed by atoms with Crippen molar-refractivity contribution in [2.75, 3.05) is 11.9 Å². The van der Waals surface area contributed by atoms with Crippen LogP contribution < -0.4 is 10.1 Å². The van der Waals surface area contributed by atoms with Crippen molar-refractivity contribution in [2.45, 2.75) is 0 Å². The minimum atomic E-state index is -0.582. The first-order valence-corrected chi connectivity index (χ1v) is 5.84. The number of hydrogen-bond donors (Lipinski definition) is 1. The molecule has 0 radical (unpaired) electrons. The SMILES string of the molecule is Fc1cnc(Cl)nc1Nc1ccc2c(c1)OCC=N2. The molecule has 1 aliphatic heterocycles. The van der Waals surface area contributed by atoms with Crippen LogP contribution in [-0.2, 0) is 0 Å². The average molecular weight is 279 g/mol. The molecule has 1 N–H and O–H groups in total. The van der Waals surface area contributed by atoms with Gasteiger partial charge in [0.2, 0.25) is 5.28 Å². The molecule has 0 unspecified atom stereocenters. The van der Waals surface area contributed by atoms with Crippen LogP contribution in [0.3, 0.4) is 0 Å². The summed E-state index contributed by atoms with van der Waals surface area (Å²) in [4.78, 5) is 11.5. The maximum Gasteiger partial charge on any atom is 0.224 e. The Morgan fingerprint density at radius 2 is 2.26 bits per heavy atom. The van der Waals surface area contributed by atoms with Gasteiger partial charge in [-0.1, -0.05) is 0 Å². The third kappa shape index (κ3) is 2.48. The van der Waals surface area contributed by atoms with E-state index in [0.29, 0.717) is 18.0 Å². The van der Waals surface area contributed by atoms with E-state index in [0.717, 1.165) is 11.9 Å². The average Bonchev–Trinajstić information content (AvgIpc) is 2.43. The summed E-state index contributed by atoms with van der Waals surface area (Å²) in [5, 5.41) is 2.80. The Hall–Kier alpha value is -2.21. The van der Waals surface area contributed by atoms with Gasteiger partial charge in [-0.3, -0.25) is 4.99 Å². The third-order valence-corrected chi connectivity index (χ3v) is 2.66. The highest BCUT2D eigenvalue weighted by atomic mass is 35.5. The van der Waals surface area contributed by atoms with Gasteiger partial charge in [0.25, 0.3) is 0 Å². The predicted molar refractivity (Wildman–Crippen MR) is 70.4 cm³/mol. The van der Waals surface area contributed by atoms with Crippen molar-refractivity contribution in [1.29, 1.82) is 0 Å². The maximum absolute atomic E-state index is 13.5. The quantitative estimate of drug-likeness (QED) is 0.858. The molecule has 5 nitrogen and oxygen atoms in total. The fourth-order valence-corrected chi connectivity index (χ4v) is 1.78. The molecule has 0 saturated carbocycles. The number of benzene rings is 1. The molecule has 0 amide bonds. The van der Waals surface area contributed by atoms with Crippen molar-refractivity contribution >= 4 is 35.0 Å². The lowest BCUT2D eigenvalue weighted by Crippen LogP contribution is -2.04. The van der Waals surface area contributed by atoms with Gasteiger partial charge < -0.3 is 10.1 Å². The van der Waals surface area contributed by atoms with Gasteiger partial charge in [0.15, 0.2) is 11.6 Å². The van der Waals surface area contributed by atoms with Crippen molar-refractivity contribution in [3.63, 3.8) is 0 Å². The van der Waals surface area contributed by atoms with Crippen molar-refractivity contribution < 1.29 is 9.13 Å². The molecule has 0 bridgehead atoms. The van der Waals surface area contributed by atoms with E-state index >= 15 is 0 Å². The molecule has 0 spiro atoms. The number of nitrogens with one attached hydrogen (secondary N) is 1. The van der Waals surface area contributed by atoms with E-state index in [2.05, 4.69) is 20.3 Å². The zero-order chi connectivity index (χ0) is 13.2. The van der Waals surface area contributed by atoms with Crippen molar-refractivity contribution in [1.82, 2.24) is 9.97 Å². The number of fused-ring (bicyclic) bond motifs is 1. The first kappa shape index (κ1) is 11.9. The van der Waals surface area contributed by atoms with Crippen LogP contribution in [0.15, 0.2) is 29.4 Å². The molecule has 3 rings (SSSR count). The highest BCUT2D eigenvalue weighted by molar-refractivity contribution is 6.28. The Morgan fingerprint density at radius 3 is 3.16 bits per heavy atom. The second-order valence-corrected chi connectivity index (χ2v) is 4.10. The molecular weight excluding hydrogens is 271 g/mol. The summed E-state index contributed by atoms with van der Waals surface area (Å²) in [5.41, 5.74) is 1.36. The predicted octanol–water partition coefficient (Wildman–Crippen LogP) is 3.11. The number of hydrogen-bond acceptors (Lipinski definition) is 5. The summed E-state index contributed by atoms with van der Waals surface area (Å²) in [7, 11) is 0. The second-order valence-electron chi connectivity index (χ2n) is 3.77. The monoisotopic (exact) mass is 278 g/mol. The molecule has 1 aromatic carbocycles. The number of aromatic nitrogens is 2. The Morgan fingerprint density at radius 1 is 1.37 bits per heavy atom. The van der Waals surface area contributed by atoms with Crippen molar-refractivity contribution in [3.8, 4) is 5.75 Å². The number of halogens is 2. The molecule has 0 atom stereocenters. The first-order valence-electron chi connectivity index (χ1n) is 5.47. The maximum atomic E-state index is 13.5. The van der Waals surface area contributed by atoms with Crippen LogP contribution in [0.1, 0.15) is 0 Å². The van der Waals surface area contributed by atoms with E-state index in [1.54, 1.807) is 24.4 Å². The molecule has 19 heavy (non-hydrogen) atoms. The summed E-state index contributed by atoms with van der Waals surface area (Å²) >= 11 is 5.63. The molecule has 2 heterocycles. The number of ether oxygens (including phenoxy) is 1. The van der Waals surface area contributed by atoms with Crippen LogP contribution in [0.4, 0.5) is 21.6 Å². The minimum Gasteiger partial charge on any atom is -0.486 e. The van der Waals surface area contributed by atoms with Crippen LogP contribution in [-0.4, -0.2) is 22.8 Å². The molecule has 7 heteroatoms. The Labute approximate surface area is 113 Å². The van der Waals surface area contributed by atoms with Gasteiger partial charge >= 0.3 is 0 Å². The lowest BCUT2D eigenvalue weighted by Gasteiger charge is -2.13. The largest absolute Gasteiger partial charge is 0.486 e. The van der Waals surface area contributed by atoms with Crippen LogP contribution in [0.2, 0.25) is 5.28 Å². The van der Waals surface area contributed by atoms with E-state index in [1.807, 2.05) is 0 Å². The Balaban J connectivity index is 1.91. The van der Waals surface area contributed by atoms with Gasteiger partial charge in [-0.05, 0) is 23.7 Å². The number of nitrogens with zero attached hydrogens (tertiary/aromatic N) is 3. The van der Waals surface area contributed by atoms with Crippen LogP contribution in [0.25, 0.3) is 0 Å². The zero-order valence-corrected chi connectivity index (χ0v) is 10.4. The molecule has 1 aliphatic rings. The fourth-order valence-electron chi connectivity index (χ4n) is 1.65. The highest BCUT2D eigenvalue weighted by Gasteiger charge is 2.10. The molecule has 0 saturated heterocycles. The van der Waals surface area contributed by atoms with E-state index < -0.39 is 5.82 Å². The summed E-state index contributed by atoms with van der Waals surface area (Å²) in [5.74, 6) is 0.0633. The van der Waals surface area contributed by atoms with Gasteiger partial charge in [-0.15, -0.1) is 0 Å².